The lowest BCUT2D eigenvalue weighted by molar-refractivity contribution is 0.0949. The van der Waals surface area contributed by atoms with Gasteiger partial charge in [-0.3, -0.25) is 9.78 Å². The van der Waals surface area contributed by atoms with Crippen LogP contribution in [0.4, 0.5) is 4.39 Å². The number of carbonyl (C=O) groups excluding carboxylic acids is 1. The number of benzene rings is 1. The fourth-order valence-corrected chi connectivity index (χ4v) is 1.77. The van der Waals surface area contributed by atoms with Gasteiger partial charge in [0.15, 0.2) is 0 Å². The largest absolute Gasteiger partial charge is 0.350 e. The summed E-state index contributed by atoms with van der Waals surface area (Å²) in [6.45, 7) is 2.23. The maximum absolute atomic E-state index is 13.1. The highest BCUT2D eigenvalue weighted by Crippen LogP contribution is 2.09. The van der Waals surface area contributed by atoms with E-state index in [9.17, 15) is 9.18 Å². The van der Waals surface area contributed by atoms with Crippen molar-refractivity contribution < 1.29 is 9.18 Å². The molecule has 0 aliphatic carbocycles. The van der Waals surface area contributed by atoms with Crippen molar-refractivity contribution in [2.45, 2.75) is 13.3 Å². The summed E-state index contributed by atoms with van der Waals surface area (Å²) in [7, 11) is 0. The highest BCUT2D eigenvalue weighted by molar-refractivity contribution is 5.92. The summed E-state index contributed by atoms with van der Waals surface area (Å²) in [5.74, 6) is -0.402. The molecule has 19 heavy (non-hydrogen) atoms. The molecule has 0 bridgehead atoms. The van der Waals surface area contributed by atoms with Crippen molar-refractivity contribution in [1.29, 1.82) is 0 Å². The lowest BCUT2D eigenvalue weighted by atomic mass is 10.1. The van der Waals surface area contributed by atoms with E-state index in [2.05, 4.69) is 10.3 Å². The van der Waals surface area contributed by atoms with E-state index in [-0.39, 0.29) is 11.7 Å². The Bertz CT molecular complexity index is 570. The number of halogens is 1. The number of amides is 1. The minimum Gasteiger partial charge on any atom is -0.350 e. The summed E-state index contributed by atoms with van der Waals surface area (Å²) >= 11 is 0. The summed E-state index contributed by atoms with van der Waals surface area (Å²) in [6.07, 6.45) is 2.25. The van der Waals surface area contributed by atoms with Crippen molar-refractivity contribution in [3.63, 3.8) is 0 Å². The molecule has 0 aliphatic rings. The number of nitrogens with one attached hydrogen (secondary N) is 1. The van der Waals surface area contributed by atoms with E-state index in [4.69, 9.17) is 0 Å². The van der Waals surface area contributed by atoms with Crippen LogP contribution in [-0.2, 0) is 6.42 Å². The summed E-state index contributed by atoms with van der Waals surface area (Å²) in [5, 5.41) is 2.79. The lowest BCUT2D eigenvalue weighted by Crippen LogP contribution is -2.26. The van der Waals surface area contributed by atoms with Gasteiger partial charge in [-0.15, -0.1) is 0 Å². The molecule has 0 aliphatic heterocycles. The standard InChI is InChI=1S/C15H15FN2O/c1-11-10-12(5-6-13(11)16)7-9-18-15(19)14-4-2-3-8-17-14/h2-6,8,10H,7,9H2,1H3,(H,18,19). The normalized spacial score (nSPS) is 10.2. The first kappa shape index (κ1) is 13.2. The molecule has 0 fully saturated rings. The molecule has 98 valence electrons. The Balaban J connectivity index is 1.87. The molecule has 4 heteroatoms. The molecule has 0 saturated carbocycles. The van der Waals surface area contributed by atoms with Crippen LogP contribution < -0.4 is 5.32 Å². The number of aromatic nitrogens is 1. The topological polar surface area (TPSA) is 42.0 Å². The minimum atomic E-state index is -0.207. The molecule has 1 amide bonds. The molecule has 0 unspecified atom stereocenters. The van der Waals surface area contributed by atoms with E-state index in [0.717, 1.165) is 5.56 Å². The van der Waals surface area contributed by atoms with E-state index in [1.54, 1.807) is 43.5 Å². The summed E-state index contributed by atoms with van der Waals surface area (Å²) in [5.41, 5.74) is 2.02. The van der Waals surface area contributed by atoms with Gasteiger partial charge in [-0.25, -0.2) is 4.39 Å². The fourth-order valence-electron chi connectivity index (χ4n) is 1.77. The highest BCUT2D eigenvalue weighted by atomic mass is 19.1. The quantitative estimate of drug-likeness (QED) is 0.915. The van der Waals surface area contributed by atoms with Gasteiger partial charge in [0, 0.05) is 12.7 Å². The SMILES string of the molecule is Cc1cc(CCNC(=O)c2ccccn2)ccc1F. The van der Waals surface area contributed by atoms with Gasteiger partial charge in [-0.2, -0.15) is 0 Å². The molecule has 1 aromatic carbocycles. The van der Waals surface area contributed by atoms with Crippen molar-refractivity contribution in [1.82, 2.24) is 10.3 Å². The van der Waals surface area contributed by atoms with Crippen LogP contribution in [0.5, 0.6) is 0 Å². The first-order valence-corrected chi connectivity index (χ1v) is 6.11. The maximum Gasteiger partial charge on any atom is 0.269 e. The van der Waals surface area contributed by atoms with Crippen molar-refractivity contribution in [3.8, 4) is 0 Å². The Morgan fingerprint density at radius 3 is 2.84 bits per heavy atom. The van der Waals surface area contributed by atoms with E-state index in [1.807, 2.05) is 0 Å². The minimum absolute atomic E-state index is 0.195. The Hall–Kier alpha value is -2.23. The lowest BCUT2D eigenvalue weighted by Gasteiger charge is -2.06. The molecule has 3 nitrogen and oxygen atoms in total. The van der Waals surface area contributed by atoms with Crippen LogP contribution in [0.2, 0.25) is 0 Å². The second kappa shape index (κ2) is 6.09. The van der Waals surface area contributed by atoms with E-state index in [0.29, 0.717) is 24.2 Å². The molecule has 1 N–H and O–H groups in total. The zero-order chi connectivity index (χ0) is 13.7. The first-order valence-electron chi connectivity index (χ1n) is 6.11. The monoisotopic (exact) mass is 258 g/mol. The smallest absolute Gasteiger partial charge is 0.269 e. The predicted molar refractivity (Wildman–Crippen MR) is 71.4 cm³/mol. The van der Waals surface area contributed by atoms with Gasteiger partial charge >= 0.3 is 0 Å². The zero-order valence-electron chi connectivity index (χ0n) is 10.7. The van der Waals surface area contributed by atoms with Gasteiger partial charge in [0.25, 0.3) is 5.91 Å². The summed E-state index contributed by atoms with van der Waals surface area (Å²) < 4.78 is 13.1. The maximum atomic E-state index is 13.1. The van der Waals surface area contributed by atoms with Crippen molar-refractivity contribution in [2.24, 2.45) is 0 Å². The van der Waals surface area contributed by atoms with Crippen LogP contribution in [0, 0.1) is 12.7 Å². The number of hydrogen-bond acceptors (Lipinski definition) is 2. The number of nitrogens with zero attached hydrogens (tertiary/aromatic N) is 1. The van der Waals surface area contributed by atoms with E-state index >= 15 is 0 Å². The molecule has 0 radical (unpaired) electrons. The van der Waals surface area contributed by atoms with Gasteiger partial charge < -0.3 is 5.32 Å². The molecule has 0 saturated heterocycles. The third kappa shape index (κ3) is 3.61. The van der Waals surface area contributed by atoms with Gasteiger partial charge in [-0.05, 0) is 42.7 Å². The van der Waals surface area contributed by atoms with Gasteiger partial charge in [-0.1, -0.05) is 18.2 Å². The van der Waals surface area contributed by atoms with E-state index < -0.39 is 0 Å². The molecule has 0 spiro atoms. The fraction of sp³-hybridized carbons (Fsp3) is 0.200. The Morgan fingerprint density at radius 1 is 1.32 bits per heavy atom. The third-order valence-electron chi connectivity index (χ3n) is 2.82. The molecule has 1 aromatic heterocycles. The molecule has 1 heterocycles. The summed E-state index contributed by atoms with van der Waals surface area (Å²) in [4.78, 5) is 15.7. The second-order valence-corrected chi connectivity index (χ2v) is 4.30. The van der Waals surface area contributed by atoms with Crippen molar-refractivity contribution in [2.75, 3.05) is 6.54 Å². The molecule has 2 aromatic rings. The van der Waals surface area contributed by atoms with Crippen LogP contribution >= 0.6 is 0 Å². The first-order chi connectivity index (χ1) is 9.16. The number of pyridine rings is 1. The Labute approximate surface area is 111 Å². The van der Waals surface area contributed by atoms with Crippen LogP contribution in [0.1, 0.15) is 21.6 Å². The molecular formula is C15H15FN2O. The number of carbonyl (C=O) groups is 1. The summed E-state index contributed by atoms with van der Waals surface area (Å²) in [6, 6.07) is 10.2. The van der Waals surface area contributed by atoms with Crippen LogP contribution in [0.15, 0.2) is 42.6 Å². The van der Waals surface area contributed by atoms with Crippen LogP contribution in [-0.4, -0.2) is 17.4 Å². The molecule has 0 atom stereocenters. The number of aryl methyl sites for hydroxylation is 1. The van der Waals surface area contributed by atoms with Gasteiger partial charge in [0.05, 0.1) is 0 Å². The van der Waals surface area contributed by atoms with Crippen molar-refractivity contribution in [3.05, 3.63) is 65.2 Å². The zero-order valence-corrected chi connectivity index (χ0v) is 10.7. The predicted octanol–water partition coefficient (Wildman–Crippen LogP) is 2.50. The third-order valence-corrected chi connectivity index (χ3v) is 2.82. The van der Waals surface area contributed by atoms with Crippen LogP contribution in [0.25, 0.3) is 0 Å². The second-order valence-electron chi connectivity index (χ2n) is 4.30. The van der Waals surface area contributed by atoms with Gasteiger partial charge in [0.2, 0.25) is 0 Å². The Kier molecular flexibility index (Phi) is 4.23. The average molecular weight is 258 g/mol. The number of rotatable bonds is 4. The van der Waals surface area contributed by atoms with E-state index in [1.165, 1.54) is 6.07 Å². The molecule has 2 rings (SSSR count). The Morgan fingerprint density at radius 2 is 2.16 bits per heavy atom. The van der Waals surface area contributed by atoms with Crippen LogP contribution in [0.3, 0.4) is 0 Å². The molecular weight excluding hydrogens is 243 g/mol. The number of hydrogen-bond donors (Lipinski definition) is 1. The highest BCUT2D eigenvalue weighted by Gasteiger charge is 2.05. The van der Waals surface area contributed by atoms with Crippen molar-refractivity contribution >= 4 is 5.91 Å². The van der Waals surface area contributed by atoms with Gasteiger partial charge in [0.1, 0.15) is 11.5 Å². The average Bonchev–Trinajstić information content (AvgIpc) is 2.43.